The van der Waals surface area contributed by atoms with E-state index in [0.717, 1.165) is 6.54 Å². The Balaban J connectivity index is 2.53. The van der Waals surface area contributed by atoms with Crippen LogP contribution in [0.1, 0.15) is 0 Å². The molecule has 1 aliphatic heterocycles. The van der Waals surface area contributed by atoms with Crippen LogP contribution >= 0.6 is 0 Å². The minimum absolute atomic E-state index is 0.0574. The zero-order chi connectivity index (χ0) is 12.1. The van der Waals surface area contributed by atoms with Gasteiger partial charge in [-0.15, -0.1) is 0 Å². The van der Waals surface area contributed by atoms with Gasteiger partial charge in [-0.2, -0.15) is 0 Å². The van der Waals surface area contributed by atoms with Gasteiger partial charge in [0.15, 0.2) is 0 Å². The Morgan fingerprint density at radius 3 is 2.69 bits per heavy atom. The van der Waals surface area contributed by atoms with Crippen molar-refractivity contribution in [2.45, 2.75) is 12.1 Å². The van der Waals surface area contributed by atoms with Crippen molar-refractivity contribution < 1.29 is 19.4 Å². The molecule has 0 aromatic rings. The summed E-state index contributed by atoms with van der Waals surface area (Å²) in [5, 5.41) is 8.93. The third-order valence-electron chi connectivity index (χ3n) is 3.02. The van der Waals surface area contributed by atoms with Crippen molar-refractivity contribution in [3.05, 3.63) is 0 Å². The predicted octanol–water partition coefficient (Wildman–Crippen LogP) is -0.0582. The van der Waals surface area contributed by atoms with Gasteiger partial charge in [-0.1, -0.05) is 0 Å². The van der Waals surface area contributed by atoms with Crippen molar-refractivity contribution in [3.8, 4) is 0 Å². The normalized spacial score (nSPS) is 25.4. The highest BCUT2D eigenvalue weighted by Crippen LogP contribution is 2.17. The van der Waals surface area contributed by atoms with Crippen molar-refractivity contribution in [2.75, 3.05) is 47.5 Å². The number of nitrogens with zero attached hydrogens (tertiary/aromatic N) is 2. The Labute approximate surface area is 95.7 Å². The van der Waals surface area contributed by atoms with Crippen molar-refractivity contribution in [3.63, 3.8) is 0 Å². The fourth-order valence-electron chi connectivity index (χ4n) is 1.97. The molecule has 2 atom stereocenters. The molecule has 16 heavy (non-hydrogen) atoms. The number of carboxylic acid groups (broad SMARTS) is 1. The molecule has 1 fully saturated rings. The molecule has 0 aromatic heterocycles. The van der Waals surface area contributed by atoms with Crippen LogP contribution in [0.2, 0.25) is 0 Å². The number of ether oxygens (including phenoxy) is 2. The first-order chi connectivity index (χ1) is 7.60. The highest BCUT2D eigenvalue weighted by atomic mass is 16.5. The molecule has 1 heterocycles. The molecule has 0 bridgehead atoms. The molecule has 0 aromatic carbocycles. The Morgan fingerprint density at radius 2 is 2.19 bits per heavy atom. The fraction of sp³-hybridized carbons (Fsp3) is 0.900. The summed E-state index contributed by atoms with van der Waals surface area (Å²) in [5.41, 5.74) is 0. The average Bonchev–Trinajstić information content (AvgIpc) is 2.69. The van der Waals surface area contributed by atoms with Crippen molar-refractivity contribution in [2.24, 2.45) is 0 Å². The summed E-state index contributed by atoms with van der Waals surface area (Å²) >= 11 is 0. The maximum absolute atomic E-state index is 10.9. The molecular formula is C10H20N2O4. The second-order valence-electron chi connectivity index (χ2n) is 4.00. The standard InChI is InChI=1S/C10H20N2O4/c1-11(4-5-15-2)8-6-12(10(13)14)7-9(8)16-3/h8-9H,4-7H2,1-3H3,(H,13,14). The third-order valence-corrected chi connectivity index (χ3v) is 3.02. The van der Waals surface area contributed by atoms with Gasteiger partial charge in [0, 0.05) is 27.3 Å². The second-order valence-corrected chi connectivity index (χ2v) is 4.00. The summed E-state index contributed by atoms with van der Waals surface area (Å²) in [6.07, 6.45) is -0.942. The lowest BCUT2D eigenvalue weighted by atomic mass is 10.2. The van der Waals surface area contributed by atoms with Gasteiger partial charge < -0.3 is 19.5 Å². The first kappa shape index (κ1) is 13.2. The quantitative estimate of drug-likeness (QED) is 0.719. The number of likely N-dealkylation sites (N-methyl/N-ethyl adjacent to an activating group) is 1. The van der Waals surface area contributed by atoms with Crippen LogP contribution in [0.5, 0.6) is 0 Å². The largest absolute Gasteiger partial charge is 0.465 e. The number of methoxy groups -OCH3 is 2. The molecule has 6 nitrogen and oxygen atoms in total. The van der Waals surface area contributed by atoms with Crippen LogP contribution < -0.4 is 0 Å². The summed E-state index contributed by atoms with van der Waals surface area (Å²) in [7, 11) is 5.23. The van der Waals surface area contributed by atoms with Gasteiger partial charge >= 0.3 is 6.09 Å². The zero-order valence-corrected chi connectivity index (χ0v) is 10.0. The molecule has 1 aliphatic rings. The van der Waals surface area contributed by atoms with Crippen LogP contribution in [0, 0.1) is 0 Å². The maximum Gasteiger partial charge on any atom is 0.407 e. The van der Waals surface area contributed by atoms with Crippen molar-refractivity contribution in [1.82, 2.24) is 9.80 Å². The Hall–Kier alpha value is -0.850. The van der Waals surface area contributed by atoms with E-state index in [1.54, 1.807) is 14.2 Å². The number of likely N-dealkylation sites (tertiary alicyclic amines) is 1. The van der Waals surface area contributed by atoms with Gasteiger partial charge in [-0.05, 0) is 7.05 Å². The first-order valence-corrected chi connectivity index (χ1v) is 5.30. The molecule has 0 spiro atoms. The first-order valence-electron chi connectivity index (χ1n) is 5.30. The van der Waals surface area contributed by atoms with Gasteiger partial charge in [0.1, 0.15) is 0 Å². The number of rotatable bonds is 5. The summed E-state index contributed by atoms with van der Waals surface area (Å²) < 4.78 is 10.3. The van der Waals surface area contributed by atoms with Gasteiger partial charge in [0.05, 0.1) is 25.3 Å². The van der Waals surface area contributed by atoms with Crippen LogP contribution in [0.15, 0.2) is 0 Å². The molecular weight excluding hydrogens is 212 g/mol. The van der Waals surface area contributed by atoms with E-state index in [-0.39, 0.29) is 12.1 Å². The van der Waals surface area contributed by atoms with Crippen LogP contribution in [0.25, 0.3) is 0 Å². The highest BCUT2D eigenvalue weighted by Gasteiger charge is 2.37. The van der Waals surface area contributed by atoms with Gasteiger partial charge in [-0.3, -0.25) is 4.90 Å². The molecule has 0 radical (unpaired) electrons. The summed E-state index contributed by atoms with van der Waals surface area (Å²) in [4.78, 5) is 14.3. The molecule has 94 valence electrons. The molecule has 1 rings (SSSR count). The minimum Gasteiger partial charge on any atom is -0.465 e. The van der Waals surface area contributed by atoms with Crippen molar-refractivity contribution in [1.29, 1.82) is 0 Å². The molecule has 2 unspecified atom stereocenters. The predicted molar refractivity (Wildman–Crippen MR) is 58.7 cm³/mol. The zero-order valence-electron chi connectivity index (χ0n) is 10.0. The molecule has 1 saturated heterocycles. The van der Waals surface area contributed by atoms with E-state index in [1.165, 1.54) is 4.90 Å². The van der Waals surface area contributed by atoms with E-state index in [1.807, 2.05) is 7.05 Å². The molecule has 0 aliphatic carbocycles. The molecule has 0 saturated carbocycles. The molecule has 6 heteroatoms. The lowest BCUT2D eigenvalue weighted by molar-refractivity contribution is 0.0433. The highest BCUT2D eigenvalue weighted by molar-refractivity contribution is 5.65. The van der Waals surface area contributed by atoms with Crippen LogP contribution in [0.4, 0.5) is 4.79 Å². The Kier molecular flexibility index (Phi) is 4.98. The average molecular weight is 232 g/mol. The van der Waals surface area contributed by atoms with Crippen LogP contribution in [-0.4, -0.2) is 80.7 Å². The fourth-order valence-corrected chi connectivity index (χ4v) is 1.97. The monoisotopic (exact) mass is 232 g/mol. The third kappa shape index (κ3) is 3.07. The van der Waals surface area contributed by atoms with E-state index < -0.39 is 6.09 Å². The van der Waals surface area contributed by atoms with Gasteiger partial charge in [-0.25, -0.2) is 4.79 Å². The number of hydrogen-bond donors (Lipinski definition) is 1. The van der Waals surface area contributed by atoms with Crippen molar-refractivity contribution >= 4 is 6.09 Å². The lowest BCUT2D eigenvalue weighted by Crippen LogP contribution is -2.43. The lowest BCUT2D eigenvalue weighted by Gasteiger charge is -2.27. The number of amides is 1. The van der Waals surface area contributed by atoms with E-state index in [4.69, 9.17) is 14.6 Å². The second kappa shape index (κ2) is 6.03. The van der Waals surface area contributed by atoms with Gasteiger partial charge in [0.2, 0.25) is 0 Å². The van der Waals surface area contributed by atoms with Gasteiger partial charge in [0.25, 0.3) is 0 Å². The Morgan fingerprint density at radius 1 is 1.50 bits per heavy atom. The summed E-state index contributed by atoms with van der Waals surface area (Å²) in [6.45, 7) is 2.34. The Bertz CT molecular complexity index is 237. The number of carbonyl (C=O) groups is 1. The number of hydrogen-bond acceptors (Lipinski definition) is 4. The maximum atomic E-state index is 10.9. The molecule has 1 N–H and O–H groups in total. The summed E-state index contributed by atoms with van der Waals surface area (Å²) in [6, 6.07) is 0.108. The van der Waals surface area contributed by atoms with Crippen LogP contribution in [0.3, 0.4) is 0 Å². The minimum atomic E-state index is -0.885. The van der Waals surface area contributed by atoms with E-state index in [2.05, 4.69) is 4.90 Å². The van der Waals surface area contributed by atoms with E-state index in [9.17, 15) is 4.79 Å². The van der Waals surface area contributed by atoms with E-state index in [0.29, 0.717) is 19.7 Å². The van der Waals surface area contributed by atoms with Crippen LogP contribution in [-0.2, 0) is 9.47 Å². The molecule has 1 amide bonds. The smallest absolute Gasteiger partial charge is 0.407 e. The SMILES string of the molecule is COCCN(C)C1CN(C(=O)O)CC1OC. The summed E-state index contributed by atoms with van der Waals surface area (Å²) in [5.74, 6) is 0. The van der Waals surface area contributed by atoms with E-state index >= 15 is 0 Å². The topological polar surface area (TPSA) is 62.2 Å².